The van der Waals surface area contributed by atoms with Crippen LogP contribution in [-0.2, 0) is 10.2 Å². The molecule has 2 aromatic carbocycles. The van der Waals surface area contributed by atoms with E-state index >= 15 is 0 Å². The number of nitrogens with zero attached hydrogens (tertiary/aromatic N) is 1. The topological polar surface area (TPSA) is 47.7 Å². The molecule has 0 aromatic heterocycles. The predicted molar refractivity (Wildman–Crippen MR) is 210 cm³/mol. The SMILES string of the molecule is C/C(=C\C=C/N)c1ccc2c(c1)Oc1ccccc1C21C2CCCC=C2OC2C=C(C3=CC4C(C=C3)C3C=CC=CC3N4C3=CCCCC3)CCC21. The molecule has 8 aliphatic rings. The van der Waals surface area contributed by atoms with Gasteiger partial charge in [-0.1, -0.05) is 85.0 Å². The quantitative estimate of drug-likeness (QED) is 0.325. The zero-order chi connectivity index (χ0) is 34.8. The molecule has 0 bridgehead atoms. The van der Waals surface area contributed by atoms with Crippen molar-refractivity contribution in [2.24, 2.45) is 29.4 Å². The van der Waals surface area contributed by atoms with Crippen LogP contribution >= 0.6 is 0 Å². The molecule has 2 aromatic rings. The maximum absolute atomic E-state index is 7.19. The number of benzene rings is 2. The maximum atomic E-state index is 7.19. The van der Waals surface area contributed by atoms with E-state index in [2.05, 4.69) is 121 Å². The summed E-state index contributed by atoms with van der Waals surface area (Å²) in [5, 5.41) is 0. The summed E-state index contributed by atoms with van der Waals surface area (Å²) in [6, 6.07) is 16.6. The molecule has 1 spiro atoms. The fraction of sp³-hybridized carbons (Fsp3) is 0.375. The minimum Gasteiger partial charge on any atom is -0.490 e. The molecule has 264 valence electrons. The van der Waals surface area contributed by atoms with E-state index in [0.717, 1.165) is 48.3 Å². The van der Waals surface area contributed by atoms with Crippen molar-refractivity contribution in [2.45, 2.75) is 88.3 Å². The largest absolute Gasteiger partial charge is 0.490 e. The van der Waals surface area contributed by atoms with Crippen LogP contribution in [0.1, 0.15) is 81.4 Å². The summed E-state index contributed by atoms with van der Waals surface area (Å²) in [6.07, 6.45) is 40.6. The van der Waals surface area contributed by atoms with Gasteiger partial charge in [-0.15, -0.1) is 0 Å². The van der Waals surface area contributed by atoms with E-state index < -0.39 is 0 Å². The van der Waals surface area contributed by atoms with Gasteiger partial charge in [-0.2, -0.15) is 0 Å². The number of nitrogens with two attached hydrogens (primary N) is 1. The second-order valence-electron chi connectivity index (χ2n) is 16.2. The first-order valence-corrected chi connectivity index (χ1v) is 19.9. The molecule has 5 aliphatic carbocycles. The number of ether oxygens (including phenoxy) is 2. The van der Waals surface area contributed by atoms with Gasteiger partial charge in [0.05, 0.1) is 17.8 Å². The number of hydrogen-bond donors (Lipinski definition) is 1. The Morgan fingerprint density at radius 2 is 1.73 bits per heavy atom. The van der Waals surface area contributed by atoms with E-state index in [1.807, 2.05) is 6.08 Å². The Bertz CT molecular complexity index is 2070. The summed E-state index contributed by atoms with van der Waals surface area (Å²) < 4.78 is 14.0. The average Bonchev–Trinajstić information content (AvgIpc) is 3.53. The molecule has 2 fully saturated rings. The zero-order valence-corrected chi connectivity index (χ0v) is 30.3. The fourth-order valence-corrected chi connectivity index (χ4v) is 11.4. The zero-order valence-electron chi connectivity index (χ0n) is 30.3. The van der Waals surface area contributed by atoms with Gasteiger partial charge >= 0.3 is 0 Å². The van der Waals surface area contributed by atoms with Crippen LogP contribution in [0.2, 0.25) is 0 Å². The summed E-state index contributed by atoms with van der Waals surface area (Å²) in [5.74, 6) is 4.75. The lowest BCUT2D eigenvalue weighted by Gasteiger charge is -2.57. The van der Waals surface area contributed by atoms with Gasteiger partial charge in [0.1, 0.15) is 17.6 Å². The first kappa shape index (κ1) is 32.0. The minimum atomic E-state index is -0.235. The summed E-state index contributed by atoms with van der Waals surface area (Å²) >= 11 is 0. The van der Waals surface area contributed by atoms with E-state index in [9.17, 15) is 0 Å². The summed E-state index contributed by atoms with van der Waals surface area (Å²) in [6.45, 7) is 2.14. The molecule has 3 aliphatic heterocycles. The standard InChI is InChI=1S/C48H50N2O2/c1-31(12-11-27-49)32-22-25-40-46(29-32)51-44-19-9-6-16-38(44)48(40)39-17-7-10-20-45(39)52-47-30-34(23-26-41(47)48)33-21-24-37-36-15-5-8-18-42(36)50(43(37)28-33)35-13-3-2-4-14-35/h5-6,8-9,11-13,15-16,18-22,24-25,27-30,36-37,39,41-43,47H,2-4,7,10,14,17,23,26,49H2,1H3/b27-11-,31-12+. The second-order valence-corrected chi connectivity index (χ2v) is 16.2. The highest BCUT2D eigenvalue weighted by Gasteiger charge is 2.60. The van der Waals surface area contributed by atoms with E-state index in [-0.39, 0.29) is 23.4 Å². The smallest absolute Gasteiger partial charge is 0.132 e. The summed E-state index contributed by atoms with van der Waals surface area (Å²) in [7, 11) is 0. The molecule has 3 heterocycles. The average molecular weight is 687 g/mol. The second kappa shape index (κ2) is 12.8. The Balaban J connectivity index is 1.07. The first-order valence-electron chi connectivity index (χ1n) is 19.9. The van der Waals surface area contributed by atoms with Gasteiger partial charge in [-0.3, -0.25) is 0 Å². The summed E-state index contributed by atoms with van der Waals surface area (Å²) in [4.78, 5) is 2.79. The van der Waals surface area contributed by atoms with Crippen LogP contribution in [-0.4, -0.2) is 23.1 Å². The molecular formula is C48H50N2O2. The molecule has 0 radical (unpaired) electrons. The van der Waals surface area contributed by atoms with Gasteiger partial charge in [0.2, 0.25) is 0 Å². The number of hydrogen-bond acceptors (Lipinski definition) is 4. The Morgan fingerprint density at radius 1 is 0.865 bits per heavy atom. The van der Waals surface area contributed by atoms with Gasteiger partial charge < -0.3 is 20.1 Å². The van der Waals surface area contributed by atoms with E-state index in [4.69, 9.17) is 15.2 Å². The van der Waals surface area contributed by atoms with Crippen LogP contribution in [0.3, 0.4) is 0 Å². The Labute approximate surface area is 309 Å². The Kier molecular flexibility index (Phi) is 7.85. The van der Waals surface area contributed by atoms with Crippen LogP contribution in [0, 0.1) is 23.7 Å². The van der Waals surface area contributed by atoms with Gasteiger partial charge in [0, 0.05) is 45.9 Å². The molecule has 52 heavy (non-hydrogen) atoms. The Hall–Kier alpha value is -4.70. The van der Waals surface area contributed by atoms with Gasteiger partial charge in [0.25, 0.3) is 0 Å². The van der Waals surface area contributed by atoms with Crippen LogP contribution in [0.25, 0.3) is 5.57 Å². The third-order valence-electron chi connectivity index (χ3n) is 13.6. The Morgan fingerprint density at radius 3 is 2.63 bits per heavy atom. The highest BCUT2D eigenvalue weighted by Crippen LogP contribution is 2.64. The number of fused-ring (bicyclic) bond motifs is 11. The molecule has 0 amide bonds. The maximum Gasteiger partial charge on any atom is 0.132 e. The first-order chi connectivity index (χ1) is 25.6. The predicted octanol–water partition coefficient (Wildman–Crippen LogP) is 10.7. The van der Waals surface area contributed by atoms with Crippen LogP contribution in [0.5, 0.6) is 11.5 Å². The van der Waals surface area contributed by atoms with Gasteiger partial charge in [-0.05, 0) is 124 Å². The number of para-hydroxylation sites is 1. The molecule has 8 atom stereocenters. The fourth-order valence-electron chi connectivity index (χ4n) is 11.4. The molecule has 2 N–H and O–H groups in total. The van der Waals surface area contributed by atoms with Gasteiger partial charge in [0.15, 0.2) is 0 Å². The summed E-state index contributed by atoms with van der Waals surface area (Å²) in [5.41, 5.74) is 14.8. The third-order valence-corrected chi connectivity index (χ3v) is 13.6. The van der Waals surface area contributed by atoms with Crippen LogP contribution < -0.4 is 10.5 Å². The lowest BCUT2D eigenvalue weighted by molar-refractivity contribution is -0.0385. The number of likely N-dealkylation sites (tertiary alicyclic amines) is 1. The molecule has 10 rings (SSSR count). The van der Waals surface area contributed by atoms with Crippen molar-refractivity contribution in [1.29, 1.82) is 0 Å². The molecule has 8 unspecified atom stereocenters. The van der Waals surface area contributed by atoms with E-state index in [1.165, 1.54) is 60.1 Å². The third kappa shape index (κ3) is 4.86. The van der Waals surface area contributed by atoms with Crippen molar-refractivity contribution in [1.82, 2.24) is 4.90 Å². The van der Waals surface area contributed by atoms with E-state index in [0.29, 0.717) is 23.9 Å². The van der Waals surface area contributed by atoms with Crippen LogP contribution in [0.15, 0.2) is 144 Å². The minimum absolute atomic E-state index is 0.0134. The highest BCUT2D eigenvalue weighted by molar-refractivity contribution is 5.70. The lowest BCUT2D eigenvalue weighted by atomic mass is 9.51. The molecule has 0 saturated carbocycles. The van der Waals surface area contributed by atoms with Crippen molar-refractivity contribution in [2.75, 3.05) is 0 Å². The van der Waals surface area contributed by atoms with Crippen molar-refractivity contribution < 1.29 is 9.47 Å². The molecule has 4 nitrogen and oxygen atoms in total. The molecule has 2 saturated heterocycles. The van der Waals surface area contributed by atoms with Crippen molar-refractivity contribution in [3.05, 3.63) is 161 Å². The van der Waals surface area contributed by atoms with Crippen molar-refractivity contribution in [3.63, 3.8) is 0 Å². The van der Waals surface area contributed by atoms with Gasteiger partial charge in [-0.25, -0.2) is 0 Å². The molecule has 4 heteroatoms. The molecular weight excluding hydrogens is 637 g/mol. The lowest BCUT2D eigenvalue weighted by Crippen LogP contribution is -2.55. The van der Waals surface area contributed by atoms with Crippen molar-refractivity contribution >= 4 is 5.57 Å². The van der Waals surface area contributed by atoms with Crippen LogP contribution in [0.4, 0.5) is 0 Å². The van der Waals surface area contributed by atoms with Crippen molar-refractivity contribution in [3.8, 4) is 11.5 Å². The monoisotopic (exact) mass is 686 g/mol. The highest BCUT2D eigenvalue weighted by atomic mass is 16.5. The normalized spacial score (nSPS) is 34.1. The van der Waals surface area contributed by atoms with E-state index in [1.54, 1.807) is 11.9 Å². The number of allylic oxidation sites excluding steroid dienone is 12. The number of rotatable bonds is 4.